The fraction of sp³-hybridized carbons (Fsp3) is 0.657. The highest BCUT2D eigenvalue weighted by atomic mass is 16.7. The zero-order valence-electron chi connectivity index (χ0n) is 50.8. The molecule has 11 heteroatoms. The number of amides is 1. The summed E-state index contributed by atoms with van der Waals surface area (Å²) in [5, 5.41) is 57.0. The minimum absolute atomic E-state index is 0.0204. The van der Waals surface area contributed by atoms with Crippen LogP contribution in [0.15, 0.2) is 134 Å². The second-order valence-corrected chi connectivity index (χ2v) is 21.5. The number of hydrogen-bond donors (Lipinski definition) is 6. The Labute approximate surface area is 493 Å². The van der Waals surface area contributed by atoms with Crippen LogP contribution in [0.3, 0.4) is 0 Å². The van der Waals surface area contributed by atoms with Gasteiger partial charge in [0.25, 0.3) is 0 Å². The third-order valence-corrected chi connectivity index (χ3v) is 14.2. The van der Waals surface area contributed by atoms with Crippen molar-refractivity contribution in [2.24, 2.45) is 0 Å². The summed E-state index contributed by atoms with van der Waals surface area (Å²) in [6.45, 7) is 5.48. The van der Waals surface area contributed by atoms with Crippen LogP contribution in [0.25, 0.3) is 0 Å². The average Bonchev–Trinajstić information content (AvgIpc) is 3.52. The van der Waals surface area contributed by atoms with E-state index >= 15 is 0 Å². The first-order valence-corrected chi connectivity index (χ1v) is 32.0. The van der Waals surface area contributed by atoms with E-state index < -0.39 is 67.4 Å². The number of carbonyl (C=O) groups excluding carboxylic acids is 2. The number of aliphatic hydroxyl groups is 5. The number of nitrogens with one attached hydrogen (secondary N) is 1. The lowest BCUT2D eigenvalue weighted by molar-refractivity contribution is -0.305. The minimum Gasteiger partial charge on any atom is -0.454 e. The van der Waals surface area contributed by atoms with Crippen LogP contribution in [0.4, 0.5) is 0 Å². The molecule has 81 heavy (non-hydrogen) atoms. The summed E-state index contributed by atoms with van der Waals surface area (Å²) in [5.74, 6) is -1.29. The van der Waals surface area contributed by atoms with Crippen LogP contribution < -0.4 is 5.32 Å². The predicted octanol–water partition coefficient (Wildman–Crippen LogP) is 15.6. The zero-order chi connectivity index (χ0) is 58.9. The number of aliphatic hydroxyl groups excluding tert-OH is 5. The number of hydrogen-bond acceptors (Lipinski definition) is 10. The Morgan fingerprint density at radius 3 is 1.47 bits per heavy atom. The van der Waals surface area contributed by atoms with E-state index in [1.165, 1.54) is 89.9 Å². The monoisotopic (exact) mass is 1130 g/mol. The second kappa shape index (κ2) is 56.3. The topological polar surface area (TPSA) is 175 Å². The summed E-state index contributed by atoms with van der Waals surface area (Å²) >= 11 is 0. The van der Waals surface area contributed by atoms with Crippen LogP contribution in [0.5, 0.6) is 0 Å². The standard InChI is InChI=1S/C70H115NO10/c1-4-7-10-13-16-19-22-25-26-27-28-29-30-31-32-33-34-35-36-37-40-42-45-48-51-54-57-63(74)69(78)71-61(62(73)56-53-50-47-44-41-38-23-20-17-14-11-8-5-2)60-79-70-68(67(77)66(76)64(59-72)80-70)81-65(75)58-55-52-49-46-43-39-24-21-18-15-12-9-6-3/h7,9-10,12,15-16,18-19,21,24-26,28-29,31-32,39,43,46,49,53,56,61-64,66-68,70,72-74,76-77H,4-6,8,11,13-14,17,20,22-23,27,30,33-38,40-42,44-45,47-48,50-52,54-55,57-60H2,1-3H3,(H,71,78)/b10-7-,12-9+,18-15+,19-16-,24-21-,26-25-,29-28-,32-31-,43-39-,49-46+,56-53+. The predicted molar refractivity (Wildman–Crippen MR) is 337 cm³/mol. The molecule has 460 valence electrons. The van der Waals surface area contributed by atoms with Gasteiger partial charge in [0.05, 0.1) is 25.4 Å². The SMILES string of the molecule is CC/C=C\C/C=C\C/C=C\C/C=C\C/C=C\CCCCCCCCCCCCC(O)C(=O)NC(COC1OC(CO)C(O)C(O)C1OC(=O)CCC/C=C/C=C\C=C/C=C/C=C/CC)C(O)/C=C/CCCCCCCCCCCCC. The molecule has 0 saturated carbocycles. The first-order valence-electron chi connectivity index (χ1n) is 32.0. The van der Waals surface area contributed by atoms with E-state index in [4.69, 9.17) is 14.2 Å². The Hall–Kier alpha value is -4.20. The molecule has 1 fully saturated rings. The first-order chi connectivity index (χ1) is 39.7. The Balaban J connectivity index is 2.65. The summed E-state index contributed by atoms with van der Waals surface area (Å²) in [5.41, 5.74) is 0. The highest BCUT2D eigenvalue weighted by Crippen LogP contribution is 2.26. The van der Waals surface area contributed by atoms with Gasteiger partial charge in [0.1, 0.15) is 24.4 Å². The maximum Gasteiger partial charge on any atom is 0.306 e. The highest BCUT2D eigenvalue weighted by molar-refractivity contribution is 5.80. The second-order valence-electron chi connectivity index (χ2n) is 21.5. The van der Waals surface area contributed by atoms with Gasteiger partial charge in [0.15, 0.2) is 12.4 Å². The van der Waals surface area contributed by atoms with Crippen LogP contribution in [-0.2, 0) is 23.8 Å². The van der Waals surface area contributed by atoms with Crippen LogP contribution in [0.1, 0.15) is 233 Å². The molecule has 1 heterocycles. The molecule has 0 bridgehead atoms. The van der Waals surface area contributed by atoms with Gasteiger partial charge in [0.2, 0.25) is 5.91 Å². The van der Waals surface area contributed by atoms with Gasteiger partial charge in [-0.2, -0.15) is 0 Å². The molecule has 1 aliphatic heterocycles. The summed E-state index contributed by atoms with van der Waals surface area (Å²) in [7, 11) is 0. The normalized spacial score (nSPS) is 19.6. The lowest BCUT2D eigenvalue weighted by Crippen LogP contribution is -2.61. The van der Waals surface area contributed by atoms with E-state index in [-0.39, 0.29) is 19.4 Å². The van der Waals surface area contributed by atoms with Crippen molar-refractivity contribution in [3.05, 3.63) is 134 Å². The Kier molecular flexibility index (Phi) is 52.0. The molecule has 1 aliphatic rings. The molecule has 0 aromatic rings. The molecule has 0 spiro atoms. The van der Waals surface area contributed by atoms with Crippen molar-refractivity contribution in [1.82, 2.24) is 5.32 Å². The van der Waals surface area contributed by atoms with Crippen molar-refractivity contribution in [2.45, 2.75) is 282 Å². The minimum atomic E-state index is -1.65. The van der Waals surface area contributed by atoms with Crippen molar-refractivity contribution in [3.63, 3.8) is 0 Å². The van der Waals surface area contributed by atoms with Crippen LogP contribution in [0, 0.1) is 0 Å². The molecule has 0 aliphatic carbocycles. The number of allylic oxidation sites excluding steroid dienone is 21. The summed E-state index contributed by atoms with van der Waals surface area (Å²) in [6, 6.07) is -1.05. The third-order valence-electron chi connectivity index (χ3n) is 14.2. The molecule has 0 aromatic carbocycles. The van der Waals surface area contributed by atoms with E-state index in [0.717, 1.165) is 89.9 Å². The van der Waals surface area contributed by atoms with Gasteiger partial charge >= 0.3 is 5.97 Å². The summed E-state index contributed by atoms with van der Waals surface area (Å²) in [6.07, 6.45) is 69.3. The fourth-order valence-corrected chi connectivity index (χ4v) is 9.18. The lowest BCUT2D eigenvalue weighted by atomic mass is 9.99. The van der Waals surface area contributed by atoms with E-state index in [9.17, 15) is 35.1 Å². The molecule has 0 radical (unpaired) electrons. The molecule has 0 aromatic heterocycles. The molecule has 8 atom stereocenters. The molecule has 1 saturated heterocycles. The lowest BCUT2D eigenvalue weighted by Gasteiger charge is -2.41. The summed E-state index contributed by atoms with van der Waals surface area (Å²) < 4.78 is 17.5. The third kappa shape index (κ3) is 44.1. The highest BCUT2D eigenvalue weighted by Gasteiger charge is 2.47. The molecule has 1 amide bonds. The van der Waals surface area contributed by atoms with Gasteiger partial charge in [-0.1, -0.05) is 276 Å². The zero-order valence-corrected chi connectivity index (χ0v) is 50.8. The van der Waals surface area contributed by atoms with Gasteiger partial charge in [-0.15, -0.1) is 0 Å². The molecular weight excluding hydrogens is 1010 g/mol. The Morgan fingerprint density at radius 1 is 0.506 bits per heavy atom. The molecule has 6 N–H and O–H groups in total. The van der Waals surface area contributed by atoms with Crippen LogP contribution >= 0.6 is 0 Å². The fourth-order valence-electron chi connectivity index (χ4n) is 9.18. The number of esters is 1. The van der Waals surface area contributed by atoms with Crippen LogP contribution in [-0.4, -0.2) is 99.6 Å². The molecule has 1 rings (SSSR count). The van der Waals surface area contributed by atoms with Gasteiger partial charge < -0.3 is 45.1 Å². The van der Waals surface area contributed by atoms with Gasteiger partial charge in [-0.25, -0.2) is 0 Å². The van der Waals surface area contributed by atoms with Crippen molar-refractivity contribution >= 4 is 11.9 Å². The van der Waals surface area contributed by atoms with Crippen molar-refractivity contribution in [3.8, 4) is 0 Å². The van der Waals surface area contributed by atoms with Crippen molar-refractivity contribution in [2.75, 3.05) is 13.2 Å². The quantitative estimate of drug-likeness (QED) is 0.0149. The number of carbonyl (C=O) groups is 2. The summed E-state index contributed by atoms with van der Waals surface area (Å²) in [4.78, 5) is 26.5. The molecular formula is C70H115NO10. The Morgan fingerprint density at radius 2 is 0.951 bits per heavy atom. The average molecular weight is 1130 g/mol. The van der Waals surface area contributed by atoms with Crippen molar-refractivity contribution in [1.29, 1.82) is 0 Å². The largest absolute Gasteiger partial charge is 0.454 e. The van der Waals surface area contributed by atoms with E-state index in [2.05, 4.69) is 92.9 Å². The number of ether oxygens (including phenoxy) is 3. The first kappa shape index (κ1) is 74.8. The van der Waals surface area contributed by atoms with E-state index in [1.54, 1.807) is 6.08 Å². The smallest absolute Gasteiger partial charge is 0.306 e. The van der Waals surface area contributed by atoms with Gasteiger partial charge in [-0.05, 0) is 83.5 Å². The van der Waals surface area contributed by atoms with E-state index in [0.29, 0.717) is 19.3 Å². The maximum atomic E-state index is 13.5. The number of rotatable bonds is 52. The van der Waals surface area contributed by atoms with Crippen LogP contribution in [0.2, 0.25) is 0 Å². The van der Waals surface area contributed by atoms with Gasteiger partial charge in [-0.3, -0.25) is 9.59 Å². The maximum absolute atomic E-state index is 13.5. The van der Waals surface area contributed by atoms with Crippen molar-refractivity contribution < 1.29 is 49.3 Å². The molecule has 8 unspecified atom stereocenters. The molecule has 11 nitrogen and oxygen atoms in total. The Bertz CT molecular complexity index is 1830. The van der Waals surface area contributed by atoms with Gasteiger partial charge in [0, 0.05) is 6.42 Å². The van der Waals surface area contributed by atoms with E-state index in [1.807, 2.05) is 60.8 Å². The number of unbranched alkanes of at least 4 members (excludes halogenated alkanes) is 22.